The van der Waals surface area contributed by atoms with Gasteiger partial charge in [-0.25, -0.2) is 15.0 Å². The highest BCUT2D eigenvalue weighted by Gasteiger charge is 2.11. The van der Waals surface area contributed by atoms with Crippen LogP contribution < -0.4 is 10.6 Å². The minimum atomic E-state index is 0.685. The minimum absolute atomic E-state index is 0.685. The molecule has 0 aliphatic carbocycles. The van der Waals surface area contributed by atoms with Gasteiger partial charge in [-0.2, -0.15) is 0 Å². The predicted molar refractivity (Wildman–Crippen MR) is 156 cm³/mol. The van der Waals surface area contributed by atoms with Gasteiger partial charge in [0.2, 0.25) is 0 Å². The number of nitrogens with one attached hydrogen (secondary N) is 2. The van der Waals surface area contributed by atoms with Crippen molar-refractivity contribution in [3.63, 3.8) is 0 Å². The van der Waals surface area contributed by atoms with Crippen LogP contribution in [0.3, 0.4) is 0 Å². The monoisotopic (exact) mass is 491 g/mol. The Hall–Kier alpha value is -5.29. The average Bonchev–Trinajstić information content (AvgIpc) is 3.00. The molecule has 0 saturated heterocycles. The maximum atomic E-state index is 4.92. The van der Waals surface area contributed by atoms with Gasteiger partial charge in [0.1, 0.15) is 0 Å². The zero-order valence-electron chi connectivity index (χ0n) is 20.6. The molecule has 0 atom stereocenters. The average molecular weight is 492 g/mol. The summed E-state index contributed by atoms with van der Waals surface area (Å²) in [6.07, 6.45) is 1.78. The van der Waals surface area contributed by atoms with E-state index in [9.17, 15) is 0 Å². The van der Waals surface area contributed by atoms with Gasteiger partial charge < -0.3 is 10.6 Å². The second-order valence-corrected chi connectivity index (χ2v) is 8.79. The third kappa shape index (κ3) is 5.27. The van der Waals surface area contributed by atoms with E-state index in [1.54, 1.807) is 6.20 Å². The lowest BCUT2D eigenvalue weighted by Gasteiger charge is -2.13. The molecule has 0 aliphatic heterocycles. The first-order valence-corrected chi connectivity index (χ1v) is 12.5. The molecule has 0 amide bonds. The molecular formula is C33H25N5. The van der Waals surface area contributed by atoms with Crippen molar-refractivity contribution in [1.82, 2.24) is 15.0 Å². The lowest BCUT2D eigenvalue weighted by atomic mass is 10.1. The molecule has 6 rings (SSSR count). The molecule has 0 aliphatic rings. The SMILES string of the molecule is c1ccc(Nc2ncccc2Nc2ccc(-c3nc(-c4ccccc4)cc(-c4ccccc4)n3)cc2)cc1. The van der Waals surface area contributed by atoms with E-state index in [1.165, 1.54) is 0 Å². The molecule has 0 bridgehead atoms. The molecule has 2 heterocycles. The highest BCUT2D eigenvalue weighted by molar-refractivity contribution is 5.76. The Morgan fingerprint density at radius 3 is 1.61 bits per heavy atom. The lowest BCUT2D eigenvalue weighted by Crippen LogP contribution is -2.00. The van der Waals surface area contributed by atoms with Gasteiger partial charge in [-0.15, -0.1) is 0 Å². The first-order chi connectivity index (χ1) is 18.8. The summed E-state index contributed by atoms with van der Waals surface area (Å²) < 4.78 is 0. The van der Waals surface area contributed by atoms with Crippen LogP contribution in [0.5, 0.6) is 0 Å². The Morgan fingerprint density at radius 1 is 0.447 bits per heavy atom. The van der Waals surface area contributed by atoms with Crippen molar-refractivity contribution in [1.29, 1.82) is 0 Å². The van der Waals surface area contributed by atoms with Crippen molar-refractivity contribution in [3.8, 4) is 33.9 Å². The van der Waals surface area contributed by atoms with Crippen LogP contribution in [0.1, 0.15) is 0 Å². The number of nitrogens with zero attached hydrogens (tertiary/aromatic N) is 3. The molecule has 0 saturated carbocycles. The number of anilines is 4. The standard InChI is InChI=1S/C33H25N5/c1-4-11-24(12-5-1)30-23-31(25-13-6-2-7-14-25)38-32(37-30)26-18-20-28(21-19-26)35-29-17-10-22-34-33(29)36-27-15-8-3-9-16-27/h1-23,35H,(H,34,36). The summed E-state index contributed by atoms with van der Waals surface area (Å²) in [6, 6.07) is 44.6. The number of hydrogen-bond acceptors (Lipinski definition) is 5. The molecule has 2 N–H and O–H groups in total. The van der Waals surface area contributed by atoms with Crippen molar-refractivity contribution in [2.45, 2.75) is 0 Å². The summed E-state index contributed by atoms with van der Waals surface area (Å²) in [7, 11) is 0. The van der Waals surface area contributed by atoms with E-state index in [-0.39, 0.29) is 0 Å². The molecule has 182 valence electrons. The molecule has 6 aromatic rings. The highest BCUT2D eigenvalue weighted by atomic mass is 15.0. The molecule has 0 fully saturated rings. The summed E-state index contributed by atoms with van der Waals surface area (Å²) >= 11 is 0. The number of rotatable bonds is 7. The van der Waals surface area contributed by atoms with Crippen molar-refractivity contribution in [2.24, 2.45) is 0 Å². The van der Waals surface area contributed by atoms with Crippen molar-refractivity contribution < 1.29 is 0 Å². The number of aromatic nitrogens is 3. The van der Waals surface area contributed by atoms with Gasteiger partial charge in [0, 0.05) is 34.3 Å². The number of benzene rings is 4. The Morgan fingerprint density at radius 2 is 1.00 bits per heavy atom. The first-order valence-electron chi connectivity index (χ1n) is 12.5. The van der Waals surface area contributed by atoms with Crippen molar-refractivity contribution >= 4 is 22.9 Å². The molecule has 5 nitrogen and oxygen atoms in total. The Balaban J connectivity index is 1.30. The summed E-state index contributed by atoms with van der Waals surface area (Å²) in [5, 5.41) is 6.86. The lowest BCUT2D eigenvalue weighted by molar-refractivity contribution is 1.18. The zero-order valence-corrected chi connectivity index (χ0v) is 20.6. The predicted octanol–water partition coefficient (Wildman–Crippen LogP) is 8.36. The summed E-state index contributed by atoms with van der Waals surface area (Å²) in [5.41, 5.74) is 7.65. The van der Waals surface area contributed by atoms with Gasteiger partial charge in [-0.3, -0.25) is 0 Å². The fourth-order valence-electron chi connectivity index (χ4n) is 4.21. The van der Waals surface area contributed by atoms with Gasteiger partial charge in [-0.1, -0.05) is 78.9 Å². The Bertz CT molecular complexity index is 1580. The number of para-hydroxylation sites is 1. The minimum Gasteiger partial charge on any atom is -0.353 e. The Kier molecular flexibility index (Phi) is 6.55. The third-order valence-electron chi connectivity index (χ3n) is 6.13. The molecule has 0 radical (unpaired) electrons. The fraction of sp³-hybridized carbons (Fsp3) is 0. The van der Waals surface area contributed by atoms with E-state index >= 15 is 0 Å². The van der Waals surface area contributed by atoms with Crippen LogP contribution in [0.2, 0.25) is 0 Å². The largest absolute Gasteiger partial charge is 0.353 e. The summed E-state index contributed by atoms with van der Waals surface area (Å²) in [5.74, 6) is 1.44. The number of pyridine rings is 1. The Labute approximate surface area is 221 Å². The van der Waals surface area contributed by atoms with E-state index in [1.807, 2.05) is 109 Å². The van der Waals surface area contributed by atoms with Crippen LogP contribution in [0.25, 0.3) is 33.9 Å². The van der Waals surface area contributed by atoms with Gasteiger partial charge in [0.25, 0.3) is 0 Å². The first kappa shape index (κ1) is 23.1. The topological polar surface area (TPSA) is 62.7 Å². The molecule has 2 aromatic heterocycles. The molecule has 5 heteroatoms. The molecule has 4 aromatic carbocycles. The van der Waals surface area contributed by atoms with Gasteiger partial charge in [-0.05, 0) is 54.6 Å². The second-order valence-electron chi connectivity index (χ2n) is 8.79. The maximum absolute atomic E-state index is 4.92. The summed E-state index contributed by atoms with van der Waals surface area (Å²) in [6.45, 7) is 0. The van der Waals surface area contributed by atoms with Crippen LogP contribution in [0, 0.1) is 0 Å². The molecule has 0 spiro atoms. The van der Waals surface area contributed by atoms with E-state index in [2.05, 4.69) is 39.9 Å². The van der Waals surface area contributed by atoms with Gasteiger partial charge in [0.05, 0.1) is 17.1 Å². The van der Waals surface area contributed by atoms with E-state index in [4.69, 9.17) is 9.97 Å². The quantitative estimate of drug-likeness (QED) is 0.235. The van der Waals surface area contributed by atoms with E-state index in [0.717, 1.165) is 51.0 Å². The molecular weight excluding hydrogens is 466 g/mol. The maximum Gasteiger partial charge on any atom is 0.160 e. The second kappa shape index (κ2) is 10.8. The van der Waals surface area contributed by atoms with E-state index in [0.29, 0.717) is 5.82 Å². The van der Waals surface area contributed by atoms with Crippen LogP contribution in [0.4, 0.5) is 22.9 Å². The third-order valence-corrected chi connectivity index (χ3v) is 6.13. The molecule has 38 heavy (non-hydrogen) atoms. The van der Waals surface area contributed by atoms with Crippen LogP contribution in [-0.4, -0.2) is 15.0 Å². The number of hydrogen-bond donors (Lipinski definition) is 2. The molecule has 0 unspecified atom stereocenters. The van der Waals surface area contributed by atoms with Crippen LogP contribution in [-0.2, 0) is 0 Å². The van der Waals surface area contributed by atoms with Gasteiger partial charge in [0.15, 0.2) is 11.6 Å². The fourth-order valence-corrected chi connectivity index (χ4v) is 4.21. The van der Waals surface area contributed by atoms with Crippen molar-refractivity contribution in [2.75, 3.05) is 10.6 Å². The van der Waals surface area contributed by atoms with Crippen LogP contribution >= 0.6 is 0 Å². The highest BCUT2D eigenvalue weighted by Crippen LogP contribution is 2.30. The normalized spacial score (nSPS) is 10.6. The van der Waals surface area contributed by atoms with Gasteiger partial charge >= 0.3 is 0 Å². The smallest absolute Gasteiger partial charge is 0.160 e. The van der Waals surface area contributed by atoms with Crippen LogP contribution in [0.15, 0.2) is 140 Å². The van der Waals surface area contributed by atoms with E-state index < -0.39 is 0 Å². The van der Waals surface area contributed by atoms with Crippen molar-refractivity contribution in [3.05, 3.63) is 140 Å². The summed E-state index contributed by atoms with van der Waals surface area (Å²) in [4.78, 5) is 14.4. The zero-order chi connectivity index (χ0) is 25.6.